The summed E-state index contributed by atoms with van der Waals surface area (Å²) in [6.45, 7) is 5.43. The third-order valence-corrected chi connectivity index (χ3v) is 3.22. The molecular formula is C12H19N3. The van der Waals surface area contributed by atoms with Crippen molar-refractivity contribution >= 4 is 5.69 Å². The summed E-state index contributed by atoms with van der Waals surface area (Å²) < 4.78 is 0. The van der Waals surface area contributed by atoms with E-state index in [-0.39, 0.29) is 0 Å². The highest BCUT2D eigenvalue weighted by Gasteiger charge is 2.23. The lowest BCUT2D eigenvalue weighted by Gasteiger charge is -2.38. The van der Waals surface area contributed by atoms with Crippen molar-refractivity contribution in [1.29, 1.82) is 0 Å². The van der Waals surface area contributed by atoms with Crippen molar-refractivity contribution in [3.8, 4) is 0 Å². The van der Waals surface area contributed by atoms with Gasteiger partial charge in [0.05, 0.1) is 0 Å². The average Bonchev–Trinajstić information content (AvgIpc) is 2.20. The van der Waals surface area contributed by atoms with Gasteiger partial charge in [0.15, 0.2) is 0 Å². The molecule has 0 aromatic carbocycles. The van der Waals surface area contributed by atoms with Gasteiger partial charge in [0.2, 0.25) is 0 Å². The molecule has 0 saturated carbocycles. The van der Waals surface area contributed by atoms with E-state index in [0.717, 1.165) is 19.4 Å². The molecule has 1 aliphatic rings. The van der Waals surface area contributed by atoms with Gasteiger partial charge in [0, 0.05) is 36.7 Å². The van der Waals surface area contributed by atoms with Crippen LogP contribution in [-0.2, 0) is 0 Å². The van der Waals surface area contributed by atoms with Gasteiger partial charge < -0.3 is 10.6 Å². The number of hydrogen-bond acceptors (Lipinski definition) is 3. The molecule has 1 aromatic heterocycles. The van der Waals surface area contributed by atoms with Gasteiger partial charge in [-0.2, -0.15) is 0 Å². The molecule has 2 N–H and O–H groups in total. The Balaban J connectivity index is 2.20. The maximum atomic E-state index is 5.96. The highest BCUT2D eigenvalue weighted by molar-refractivity contribution is 5.52. The molecule has 82 valence electrons. The number of aryl methyl sites for hydroxylation is 1. The molecule has 2 unspecified atom stereocenters. The summed E-state index contributed by atoms with van der Waals surface area (Å²) in [5.74, 6) is 0. The molecule has 1 aliphatic heterocycles. The Morgan fingerprint density at radius 3 is 3.00 bits per heavy atom. The van der Waals surface area contributed by atoms with E-state index in [0.29, 0.717) is 12.1 Å². The van der Waals surface area contributed by atoms with Crippen LogP contribution in [0.3, 0.4) is 0 Å². The number of hydrogen-bond donors (Lipinski definition) is 1. The number of aromatic nitrogens is 1. The van der Waals surface area contributed by atoms with Crippen LogP contribution in [0.2, 0.25) is 0 Å². The van der Waals surface area contributed by atoms with E-state index in [1.165, 1.54) is 11.3 Å². The van der Waals surface area contributed by atoms with Gasteiger partial charge in [0.25, 0.3) is 0 Å². The van der Waals surface area contributed by atoms with Crippen LogP contribution in [-0.4, -0.2) is 23.6 Å². The predicted molar refractivity (Wildman–Crippen MR) is 63.0 cm³/mol. The van der Waals surface area contributed by atoms with Crippen LogP contribution in [0.1, 0.15) is 25.3 Å². The predicted octanol–water partition coefficient (Wildman–Crippen LogP) is 1.71. The van der Waals surface area contributed by atoms with Crippen LogP contribution in [0.25, 0.3) is 0 Å². The SMILES string of the molecule is Cc1cnccc1N1CCC(N)CC1C. The number of rotatable bonds is 1. The summed E-state index contributed by atoms with van der Waals surface area (Å²) in [5.41, 5.74) is 8.52. The molecule has 2 atom stereocenters. The minimum absolute atomic E-state index is 0.374. The van der Waals surface area contributed by atoms with E-state index in [1.807, 2.05) is 12.4 Å². The molecule has 0 aliphatic carbocycles. The van der Waals surface area contributed by atoms with Gasteiger partial charge >= 0.3 is 0 Å². The highest BCUT2D eigenvalue weighted by Crippen LogP contribution is 2.26. The Kier molecular flexibility index (Phi) is 2.91. The van der Waals surface area contributed by atoms with E-state index in [2.05, 4.69) is 29.8 Å². The third kappa shape index (κ3) is 2.12. The van der Waals surface area contributed by atoms with Crippen molar-refractivity contribution in [3.05, 3.63) is 24.0 Å². The van der Waals surface area contributed by atoms with Gasteiger partial charge in [-0.05, 0) is 38.3 Å². The summed E-state index contributed by atoms with van der Waals surface area (Å²) in [7, 11) is 0. The molecule has 1 aromatic rings. The first kappa shape index (κ1) is 10.4. The number of anilines is 1. The van der Waals surface area contributed by atoms with Crippen LogP contribution >= 0.6 is 0 Å². The van der Waals surface area contributed by atoms with Gasteiger partial charge in [-0.1, -0.05) is 0 Å². The monoisotopic (exact) mass is 205 g/mol. The molecule has 0 amide bonds. The van der Waals surface area contributed by atoms with Crippen molar-refractivity contribution in [3.63, 3.8) is 0 Å². The van der Waals surface area contributed by atoms with Crippen LogP contribution in [0.4, 0.5) is 5.69 Å². The maximum Gasteiger partial charge on any atom is 0.0429 e. The van der Waals surface area contributed by atoms with E-state index in [4.69, 9.17) is 5.73 Å². The molecule has 3 heteroatoms. The normalized spacial score (nSPS) is 26.7. The highest BCUT2D eigenvalue weighted by atomic mass is 15.2. The number of piperidine rings is 1. The van der Waals surface area contributed by atoms with Crippen LogP contribution in [0.5, 0.6) is 0 Å². The molecule has 0 radical (unpaired) electrons. The lowest BCUT2D eigenvalue weighted by atomic mass is 9.98. The minimum atomic E-state index is 0.374. The number of pyridine rings is 1. The lowest BCUT2D eigenvalue weighted by Crippen LogP contribution is -2.45. The fourth-order valence-electron chi connectivity index (χ4n) is 2.35. The summed E-state index contributed by atoms with van der Waals surface area (Å²) in [6, 6.07) is 3.01. The molecule has 15 heavy (non-hydrogen) atoms. The summed E-state index contributed by atoms with van der Waals surface area (Å²) >= 11 is 0. The lowest BCUT2D eigenvalue weighted by molar-refractivity contribution is 0.429. The maximum absolute atomic E-state index is 5.96. The first-order chi connectivity index (χ1) is 7.18. The molecular weight excluding hydrogens is 186 g/mol. The van der Waals surface area contributed by atoms with E-state index >= 15 is 0 Å². The van der Waals surface area contributed by atoms with Gasteiger partial charge in [-0.15, -0.1) is 0 Å². The van der Waals surface area contributed by atoms with E-state index in [9.17, 15) is 0 Å². The molecule has 0 spiro atoms. The smallest absolute Gasteiger partial charge is 0.0429 e. The van der Waals surface area contributed by atoms with Crippen molar-refractivity contribution in [2.45, 2.75) is 38.8 Å². The zero-order chi connectivity index (χ0) is 10.8. The Labute approximate surface area is 91.3 Å². The Hall–Kier alpha value is -1.09. The van der Waals surface area contributed by atoms with Crippen molar-refractivity contribution in [2.24, 2.45) is 5.73 Å². The zero-order valence-electron chi connectivity index (χ0n) is 9.48. The first-order valence-corrected chi connectivity index (χ1v) is 5.61. The number of nitrogens with zero attached hydrogens (tertiary/aromatic N) is 2. The number of nitrogens with two attached hydrogens (primary N) is 1. The van der Waals surface area contributed by atoms with Crippen LogP contribution in [0.15, 0.2) is 18.5 Å². The Morgan fingerprint density at radius 2 is 2.33 bits per heavy atom. The second kappa shape index (κ2) is 4.19. The quantitative estimate of drug-likeness (QED) is 0.759. The topological polar surface area (TPSA) is 42.2 Å². The largest absolute Gasteiger partial charge is 0.368 e. The third-order valence-electron chi connectivity index (χ3n) is 3.22. The first-order valence-electron chi connectivity index (χ1n) is 5.61. The van der Waals surface area contributed by atoms with Gasteiger partial charge in [-0.3, -0.25) is 4.98 Å². The zero-order valence-corrected chi connectivity index (χ0v) is 9.48. The second-order valence-electron chi connectivity index (χ2n) is 4.49. The summed E-state index contributed by atoms with van der Waals surface area (Å²) in [6.07, 6.45) is 5.97. The molecule has 0 bridgehead atoms. The fraction of sp³-hybridized carbons (Fsp3) is 0.583. The van der Waals surface area contributed by atoms with Crippen molar-refractivity contribution in [1.82, 2.24) is 4.98 Å². The Morgan fingerprint density at radius 1 is 1.53 bits per heavy atom. The molecule has 1 saturated heterocycles. The molecule has 1 fully saturated rings. The minimum Gasteiger partial charge on any atom is -0.368 e. The van der Waals surface area contributed by atoms with Gasteiger partial charge in [0.1, 0.15) is 0 Å². The summed E-state index contributed by atoms with van der Waals surface area (Å²) in [5, 5.41) is 0. The van der Waals surface area contributed by atoms with E-state index in [1.54, 1.807) is 0 Å². The molecule has 2 heterocycles. The Bertz CT molecular complexity index is 337. The van der Waals surface area contributed by atoms with E-state index < -0.39 is 0 Å². The van der Waals surface area contributed by atoms with Crippen LogP contribution < -0.4 is 10.6 Å². The molecule has 2 rings (SSSR count). The standard InChI is InChI=1S/C12H19N3/c1-9-8-14-5-3-12(9)15-6-4-11(13)7-10(15)2/h3,5,8,10-11H,4,6-7,13H2,1-2H3. The van der Waals surface area contributed by atoms with Crippen molar-refractivity contribution in [2.75, 3.05) is 11.4 Å². The molecule has 3 nitrogen and oxygen atoms in total. The second-order valence-corrected chi connectivity index (χ2v) is 4.49. The van der Waals surface area contributed by atoms with Gasteiger partial charge in [-0.25, -0.2) is 0 Å². The van der Waals surface area contributed by atoms with Crippen molar-refractivity contribution < 1.29 is 0 Å². The summed E-state index contributed by atoms with van der Waals surface area (Å²) in [4.78, 5) is 6.57. The average molecular weight is 205 g/mol. The van der Waals surface area contributed by atoms with Crippen LogP contribution in [0, 0.1) is 6.92 Å². The fourth-order valence-corrected chi connectivity index (χ4v) is 2.35.